The Bertz CT molecular complexity index is 358. The van der Waals surface area contributed by atoms with Crippen molar-refractivity contribution in [3.63, 3.8) is 0 Å². The van der Waals surface area contributed by atoms with E-state index in [1.807, 2.05) is 17.8 Å². The Labute approximate surface area is 84.2 Å². The maximum absolute atomic E-state index is 8.68. The smallest absolute Gasteiger partial charge is 0.0871 e. The van der Waals surface area contributed by atoms with Crippen LogP contribution in [0.3, 0.4) is 0 Å². The van der Waals surface area contributed by atoms with E-state index in [1.54, 1.807) is 6.92 Å². The van der Waals surface area contributed by atoms with E-state index >= 15 is 0 Å². The second-order valence-corrected chi connectivity index (χ2v) is 4.43. The first kappa shape index (κ1) is 10.8. The van der Waals surface area contributed by atoms with E-state index in [-0.39, 0.29) is 5.54 Å². The molecule has 0 saturated carbocycles. The lowest BCUT2D eigenvalue weighted by Gasteiger charge is -2.18. The maximum atomic E-state index is 8.68. The van der Waals surface area contributed by atoms with Gasteiger partial charge in [-0.05, 0) is 34.6 Å². The van der Waals surface area contributed by atoms with Gasteiger partial charge in [0, 0.05) is 11.8 Å². The third-order valence-electron chi connectivity index (χ3n) is 2.13. The number of aromatic nitrogens is 2. The van der Waals surface area contributed by atoms with Gasteiger partial charge in [0.05, 0.1) is 16.9 Å². The highest BCUT2D eigenvalue weighted by atomic mass is 16.4. The van der Waals surface area contributed by atoms with Crippen LogP contribution in [0, 0.1) is 6.92 Å². The number of aryl methyl sites for hydroxylation is 1. The summed E-state index contributed by atoms with van der Waals surface area (Å²) in [7, 11) is 0. The van der Waals surface area contributed by atoms with Gasteiger partial charge in [0.25, 0.3) is 0 Å². The average molecular weight is 195 g/mol. The van der Waals surface area contributed by atoms with Gasteiger partial charge in [-0.25, -0.2) is 0 Å². The Balaban J connectivity index is 3.18. The molecule has 14 heavy (non-hydrogen) atoms. The lowest BCUT2D eigenvalue weighted by Crippen LogP contribution is -2.22. The maximum Gasteiger partial charge on any atom is 0.0871 e. The lowest BCUT2D eigenvalue weighted by atomic mass is 10.1. The van der Waals surface area contributed by atoms with Gasteiger partial charge in [-0.1, -0.05) is 5.16 Å². The van der Waals surface area contributed by atoms with Crippen LogP contribution in [0.25, 0.3) is 0 Å². The van der Waals surface area contributed by atoms with Gasteiger partial charge >= 0.3 is 0 Å². The Kier molecular flexibility index (Phi) is 2.64. The molecule has 0 saturated heterocycles. The summed E-state index contributed by atoms with van der Waals surface area (Å²) in [5.41, 5.74) is 2.33. The summed E-state index contributed by atoms with van der Waals surface area (Å²) in [6.07, 6.45) is 1.91. The van der Waals surface area contributed by atoms with E-state index < -0.39 is 0 Å². The Hall–Kier alpha value is -1.32. The second-order valence-electron chi connectivity index (χ2n) is 4.43. The van der Waals surface area contributed by atoms with E-state index in [2.05, 4.69) is 31.0 Å². The van der Waals surface area contributed by atoms with E-state index in [0.29, 0.717) is 5.71 Å². The molecule has 1 aromatic rings. The fourth-order valence-corrected chi connectivity index (χ4v) is 1.21. The zero-order valence-electron chi connectivity index (χ0n) is 9.37. The van der Waals surface area contributed by atoms with Crippen molar-refractivity contribution < 1.29 is 5.21 Å². The van der Waals surface area contributed by atoms with Crippen LogP contribution in [-0.4, -0.2) is 20.7 Å². The summed E-state index contributed by atoms with van der Waals surface area (Å²) in [5.74, 6) is 0. The molecule has 4 heteroatoms. The molecule has 1 rings (SSSR count). The van der Waals surface area contributed by atoms with Crippen LogP contribution >= 0.6 is 0 Å². The van der Waals surface area contributed by atoms with Crippen molar-refractivity contribution in [2.24, 2.45) is 5.16 Å². The van der Waals surface area contributed by atoms with Crippen LogP contribution in [0.2, 0.25) is 0 Å². The van der Waals surface area contributed by atoms with E-state index in [0.717, 1.165) is 11.3 Å². The molecule has 0 amide bonds. The van der Waals surface area contributed by atoms with Gasteiger partial charge in [0.15, 0.2) is 0 Å². The highest BCUT2D eigenvalue weighted by molar-refractivity contribution is 5.98. The number of nitrogens with zero attached hydrogens (tertiary/aromatic N) is 3. The molecular formula is C10H17N3O. The molecule has 1 N–H and O–H groups in total. The first-order valence-corrected chi connectivity index (χ1v) is 4.62. The zero-order chi connectivity index (χ0) is 10.9. The van der Waals surface area contributed by atoms with Crippen molar-refractivity contribution in [3.05, 3.63) is 17.5 Å². The molecule has 0 atom stereocenters. The van der Waals surface area contributed by atoms with Crippen molar-refractivity contribution in [1.82, 2.24) is 9.78 Å². The minimum Gasteiger partial charge on any atom is -0.411 e. The minimum atomic E-state index is -0.0429. The Morgan fingerprint density at radius 1 is 1.50 bits per heavy atom. The molecule has 0 bridgehead atoms. The minimum absolute atomic E-state index is 0.0429. The largest absolute Gasteiger partial charge is 0.411 e. The molecule has 0 aliphatic heterocycles. The lowest BCUT2D eigenvalue weighted by molar-refractivity contribution is 0.319. The van der Waals surface area contributed by atoms with Crippen molar-refractivity contribution in [2.75, 3.05) is 0 Å². The third-order valence-corrected chi connectivity index (χ3v) is 2.13. The molecule has 78 valence electrons. The normalized spacial score (nSPS) is 13.4. The number of rotatable bonds is 1. The van der Waals surface area contributed by atoms with Crippen LogP contribution in [0.15, 0.2) is 11.4 Å². The molecule has 0 spiro atoms. The fraction of sp³-hybridized carbons (Fsp3) is 0.600. The zero-order valence-corrected chi connectivity index (χ0v) is 9.37. The first-order valence-electron chi connectivity index (χ1n) is 4.62. The Morgan fingerprint density at radius 3 is 2.43 bits per heavy atom. The van der Waals surface area contributed by atoms with Crippen molar-refractivity contribution in [2.45, 2.75) is 40.2 Å². The molecule has 0 fully saturated rings. The number of oxime groups is 1. The van der Waals surface area contributed by atoms with E-state index in [4.69, 9.17) is 5.21 Å². The molecule has 0 aliphatic carbocycles. The van der Waals surface area contributed by atoms with Crippen LogP contribution in [-0.2, 0) is 5.54 Å². The highest BCUT2D eigenvalue weighted by Crippen LogP contribution is 2.16. The van der Waals surface area contributed by atoms with Gasteiger partial charge in [0.1, 0.15) is 0 Å². The fourth-order valence-electron chi connectivity index (χ4n) is 1.21. The predicted molar refractivity (Wildman–Crippen MR) is 56.0 cm³/mol. The van der Waals surface area contributed by atoms with Crippen molar-refractivity contribution in [3.8, 4) is 0 Å². The third kappa shape index (κ3) is 1.95. The van der Waals surface area contributed by atoms with Crippen LogP contribution in [0.4, 0.5) is 0 Å². The van der Waals surface area contributed by atoms with Crippen molar-refractivity contribution in [1.29, 1.82) is 0 Å². The quantitative estimate of drug-likeness (QED) is 0.424. The van der Waals surface area contributed by atoms with E-state index in [9.17, 15) is 0 Å². The summed E-state index contributed by atoms with van der Waals surface area (Å²) >= 11 is 0. The van der Waals surface area contributed by atoms with Gasteiger partial charge in [-0.15, -0.1) is 0 Å². The molecule has 4 nitrogen and oxygen atoms in total. The summed E-state index contributed by atoms with van der Waals surface area (Å²) in [5, 5.41) is 16.2. The molecule has 0 aromatic carbocycles. The Morgan fingerprint density at radius 2 is 2.07 bits per heavy atom. The SMILES string of the molecule is C/C(=N\O)c1cn(C(C)(C)C)nc1C. The topological polar surface area (TPSA) is 50.4 Å². The standard InChI is InChI=1S/C10H17N3O/c1-7-9(8(2)12-14)6-13(11-7)10(3,4)5/h6,14H,1-5H3/b12-8+. The summed E-state index contributed by atoms with van der Waals surface area (Å²) in [4.78, 5) is 0. The van der Waals surface area contributed by atoms with Crippen LogP contribution in [0.5, 0.6) is 0 Å². The number of hydrogen-bond acceptors (Lipinski definition) is 3. The molecule has 1 heterocycles. The van der Waals surface area contributed by atoms with Gasteiger partial charge in [0.2, 0.25) is 0 Å². The number of hydrogen-bond donors (Lipinski definition) is 1. The van der Waals surface area contributed by atoms with Crippen LogP contribution in [0.1, 0.15) is 39.0 Å². The average Bonchev–Trinajstić information content (AvgIpc) is 2.45. The monoisotopic (exact) mass is 195 g/mol. The molecule has 0 aliphatic rings. The van der Waals surface area contributed by atoms with Crippen LogP contribution < -0.4 is 0 Å². The molecule has 1 aromatic heterocycles. The van der Waals surface area contributed by atoms with E-state index in [1.165, 1.54) is 0 Å². The van der Waals surface area contributed by atoms with Gasteiger partial charge in [-0.2, -0.15) is 5.10 Å². The molecule has 0 unspecified atom stereocenters. The molecule has 0 radical (unpaired) electrons. The summed E-state index contributed by atoms with van der Waals surface area (Å²) in [6.45, 7) is 9.90. The summed E-state index contributed by atoms with van der Waals surface area (Å²) in [6, 6.07) is 0. The predicted octanol–water partition coefficient (Wildman–Crippen LogP) is 2.14. The highest BCUT2D eigenvalue weighted by Gasteiger charge is 2.17. The van der Waals surface area contributed by atoms with Gasteiger partial charge in [-0.3, -0.25) is 4.68 Å². The summed E-state index contributed by atoms with van der Waals surface area (Å²) < 4.78 is 1.88. The molecular weight excluding hydrogens is 178 g/mol. The van der Waals surface area contributed by atoms with Gasteiger partial charge < -0.3 is 5.21 Å². The second kappa shape index (κ2) is 3.44. The van der Waals surface area contributed by atoms with Crippen molar-refractivity contribution >= 4 is 5.71 Å². The first-order chi connectivity index (χ1) is 6.36.